The van der Waals surface area contributed by atoms with Crippen LogP contribution < -0.4 is 16.6 Å². The van der Waals surface area contributed by atoms with Crippen molar-refractivity contribution in [3.63, 3.8) is 0 Å². The van der Waals surface area contributed by atoms with Crippen LogP contribution in [0, 0.1) is 0 Å². The summed E-state index contributed by atoms with van der Waals surface area (Å²) in [6.45, 7) is 5.73. The lowest BCUT2D eigenvalue weighted by Crippen LogP contribution is -2.27. The lowest BCUT2D eigenvalue weighted by molar-refractivity contribution is 0.0635. The molecule has 0 spiro atoms. The molecule has 1 rings (SSSR count). The van der Waals surface area contributed by atoms with Crippen LogP contribution in [-0.4, -0.2) is 16.8 Å². The molecular weight excluding hydrogens is 234 g/mol. The van der Waals surface area contributed by atoms with E-state index in [1.54, 1.807) is 32.9 Å². The molecule has 18 heavy (non-hydrogen) atoms. The van der Waals surface area contributed by atoms with Gasteiger partial charge in [-0.2, -0.15) is 0 Å². The van der Waals surface area contributed by atoms with Crippen molar-refractivity contribution in [2.45, 2.75) is 32.9 Å². The molecule has 0 aromatic heterocycles. The minimum Gasteiger partial charge on any atom is -0.506 e. The number of nitrogens with two attached hydrogens (primary N) is 1. The number of rotatable bonds is 3. The number of hydrogen-bond donors (Lipinski definition) is 4. The molecule has 5 N–H and O–H groups in total. The Kier molecular flexibility index (Phi) is 4.52. The second-order valence-electron chi connectivity index (χ2n) is 4.86. The molecule has 0 aliphatic heterocycles. The molecule has 0 heterocycles. The van der Waals surface area contributed by atoms with Crippen molar-refractivity contribution in [1.29, 1.82) is 0 Å². The van der Waals surface area contributed by atoms with Crippen molar-refractivity contribution in [1.82, 2.24) is 5.43 Å². The van der Waals surface area contributed by atoms with E-state index in [9.17, 15) is 9.90 Å². The van der Waals surface area contributed by atoms with Crippen molar-refractivity contribution in [2.24, 2.45) is 5.84 Å². The summed E-state index contributed by atoms with van der Waals surface area (Å²) >= 11 is 0. The molecule has 0 radical (unpaired) electrons. The summed E-state index contributed by atoms with van der Waals surface area (Å²) in [4.78, 5) is 11.5. The Morgan fingerprint density at radius 1 is 1.44 bits per heavy atom. The third-order valence-electron chi connectivity index (χ3n) is 2.00. The largest absolute Gasteiger partial charge is 0.506 e. The highest BCUT2D eigenvalue weighted by atomic mass is 16.6. The molecule has 0 aliphatic rings. The van der Waals surface area contributed by atoms with Gasteiger partial charge in [-0.15, -0.1) is 0 Å². The number of carbonyl (C=O) groups excluding carboxylic acids is 1. The fourth-order valence-electron chi connectivity index (χ4n) is 1.32. The zero-order valence-corrected chi connectivity index (χ0v) is 10.8. The highest BCUT2D eigenvalue weighted by molar-refractivity contribution is 5.86. The highest BCUT2D eigenvalue weighted by Crippen LogP contribution is 2.24. The zero-order valence-electron chi connectivity index (χ0n) is 10.8. The first-order valence-electron chi connectivity index (χ1n) is 5.57. The molecule has 0 unspecified atom stereocenters. The van der Waals surface area contributed by atoms with E-state index in [0.29, 0.717) is 12.2 Å². The topological polar surface area (TPSA) is 96.6 Å². The molecule has 0 saturated carbocycles. The van der Waals surface area contributed by atoms with Gasteiger partial charge in [-0.1, -0.05) is 6.07 Å². The first-order chi connectivity index (χ1) is 8.31. The molecule has 0 fully saturated rings. The second-order valence-corrected chi connectivity index (χ2v) is 4.86. The van der Waals surface area contributed by atoms with Crippen LogP contribution in [0.3, 0.4) is 0 Å². The van der Waals surface area contributed by atoms with Gasteiger partial charge in [0.1, 0.15) is 11.4 Å². The van der Waals surface area contributed by atoms with E-state index in [0.717, 1.165) is 5.56 Å². The Bertz CT molecular complexity index is 427. The monoisotopic (exact) mass is 253 g/mol. The Balaban J connectivity index is 2.71. The van der Waals surface area contributed by atoms with Gasteiger partial charge in [0, 0.05) is 6.54 Å². The van der Waals surface area contributed by atoms with E-state index >= 15 is 0 Å². The van der Waals surface area contributed by atoms with E-state index < -0.39 is 11.7 Å². The number of phenols is 1. The van der Waals surface area contributed by atoms with Crippen molar-refractivity contribution < 1.29 is 14.6 Å². The van der Waals surface area contributed by atoms with E-state index in [2.05, 4.69) is 10.7 Å². The quantitative estimate of drug-likeness (QED) is 0.373. The number of phenolic OH excluding ortho intramolecular Hbond substituents is 1. The van der Waals surface area contributed by atoms with Crippen molar-refractivity contribution >= 4 is 11.8 Å². The first-order valence-corrected chi connectivity index (χ1v) is 5.57. The summed E-state index contributed by atoms with van der Waals surface area (Å²) in [5, 5.41) is 12.2. The molecule has 6 nitrogen and oxygen atoms in total. The lowest BCUT2D eigenvalue weighted by Gasteiger charge is -2.20. The fraction of sp³-hybridized carbons (Fsp3) is 0.417. The minimum atomic E-state index is -0.609. The van der Waals surface area contributed by atoms with Crippen LogP contribution in [0.4, 0.5) is 10.5 Å². The number of hydrogen-bond acceptors (Lipinski definition) is 5. The maximum absolute atomic E-state index is 11.5. The maximum Gasteiger partial charge on any atom is 0.412 e. The van der Waals surface area contributed by atoms with Crippen LogP contribution in [0.2, 0.25) is 0 Å². The smallest absolute Gasteiger partial charge is 0.412 e. The Morgan fingerprint density at radius 2 is 2.11 bits per heavy atom. The van der Waals surface area contributed by atoms with Gasteiger partial charge in [-0.05, 0) is 38.5 Å². The number of nitrogens with one attached hydrogen (secondary N) is 2. The minimum absolute atomic E-state index is 0.0337. The maximum atomic E-state index is 11.5. The zero-order chi connectivity index (χ0) is 13.8. The molecule has 100 valence electrons. The van der Waals surface area contributed by atoms with Gasteiger partial charge in [0.05, 0.1) is 5.69 Å². The molecular formula is C12H19N3O3. The van der Waals surface area contributed by atoms with Crippen LogP contribution in [0.1, 0.15) is 26.3 Å². The predicted molar refractivity (Wildman–Crippen MR) is 69.0 cm³/mol. The van der Waals surface area contributed by atoms with Gasteiger partial charge in [-0.3, -0.25) is 16.6 Å². The second kappa shape index (κ2) is 5.70. The van der Waals surface area contributed by atoms with Gasteiger partial charge < -0.3 is 9.84 Å². The van der Waals surface area contributed by atoms with E-state index in [1.165, 1.54) is 6.07 Å². The molecule has 0 saturated heterocycles. The summed E-state index contributed by atoms with van der Waals surface area (Å²) in [7, 11) is 0. The highest BCUT2D eigenvalue weighted by Gasteiger charge is 2.17. The number of hydrazine groups is 1. The Hall–Kier alpha value is -1.79. The number of amides is 1. The van der Waals surface area contributed by atoms with Gasteiger partial charge in [0.2, 0.25) is 0 Å². The van der Waals surface area contributed by atoms with Gasteiger partial charge in [0.15, 0.2) is 0 Å². The van der Waals surface area contributed by atoms with Gasteiger partial charge in [-0.25, -0.2) is 4.79 Å². The summed E-state index contributed by atoms with van der Waals surface area (Å²) < 4.78 is 5.08. The van der Waals surface area contributed by atoms with Crippen molar-refractivity contribution in [3.8, 4) is 5.75 Å². The van der Waals surface area contributed by atoms with E-state index in [-0.39, 0.29) is 5.75 Å². The van der Waals surface area contributed by atoms with E-state index in [4.69, 9.17) is 10.6 Å². The summed E-state index contributed by atoms with van der Waals surface area (Å²) in [6, 6.07) is 4.85. The summed E-state index contributed by atoms with van der Waals surface area (Å²) in [5.74, 6) is 5.14. The molecule has 1 aromatic rings. The number of carbonyl (C=O) groups is 1. The number of anilines is 1. The molecule has 0 atom stereocenters. The average Bonchev–Trinajstić information content (AvgIpc) is 2.20. The first kappa shape index (κ1) is 14.3. The third-order valence-corrected chi connectivity index (χ3v) is 2.00. The van der Waals surface area contributed by atoms with Crippen molar-refractivity contribution in [2.75, 3.05) is 5.32 Å². The molecule has 1 aromatic carbocycles. The van der Waals surface area contributed by atoms with Crippen LogP contribution in [0.25, 0.3) is 0 Å². The molecule has 1 amide bonds. The van der Waals surface area contributed by atoms with Gasteiger partial charge in [0.25, 0.3) is 0 Å². The Morgan fingerprint density at radius 3 is 2.61 bits per heavy atom. The number of benzene rings is 1. The molecule has 0 aliphatic carbocycles. The Labute approximate surface area is 106 Å². The van der Waals surface area contributed by atoms with Crippen molar-refractivity contribution in [3.05, 3.63) is 23.8 Å². The lowest BCUT2D eigenvalue weighted by atomic mass is 10.2. The predicted octanol–water partition coefficient (Wildman–Crippen LogP) is 1.70. The van der Waals surface area contributed by atoms with Gasteiger partial charge >= 0.3 is 6.09 Å². The van der Waals surface area contributed by atoms with Crippen LogP contribution in [0.5, 0.6) is 5.75 Å². The average molecular weight is 253 g/mol. The molecule has 6 heteroatoms. The van der Waals surface area contributed by atoms with E-state index in [1.807, 2.05) is 0 Å². The summed E-state index contributed by atoms with van der Waals surface area (Å²) in [6.07, 6.45) is -0.609. The SMILES string of the molecule is CC(C)(C)OC(=O)Nc1ccc(CNN)cc1O. The fourth-order valence-corrected chi connectivity index (χ4v) is 1.32. The van der Waals surface area contributed by atoms with Crippen LogP contribution >= 0.6 is 0 Å². The third kappa shape index (κ3) is 4.60. The number of ether oxygens (including phenoxy) is 1. The number of aromatic hydroxyl groups is 1. The van der Waals surface area contributed by atoms with Crippen LogP contribution in [0.15, 0.2) is 18.2 Å². The normalized spacial score (nSPS) is 11.1. The van der Waals surface area contributed by atoms with Crippen LogP contribution in [-0.2, 0) is 11.3 Å². The standard InChI is InChI=1S/C12H19N3O3/c1-12(2,3)18-11(17)15-9-5-4-8(7-14-13)6-10(9)16/h4-6,14,16H,7,13H2,1-3H3,(H,15,17). The molecule has 0 bridgehead atoms. The summed E-state index contributed by atoms with van der Waals surface area (Å²) in [5.41, 5.74) is 3.01.